The van der Waals surface area contributed by atoms with Crippen molar-refractivity contribution in [3.8, 4) is 0 Å². The van der Waals surface area contributed by atoms with Gasteiger partial charge < -0.3 is 20.7 Å². The van der Waals surface area contributed by atoms with Crippen LogP contribution in [0.1, 0.15) is 6.92 Å². The molecule has 1 amide bonds. The van der Waals surface area contributed by atoms with Crippen molar-refractivity contribution in [2.75, 3.05) is 51.0 Å². The Morgan fingerprint density at radius 1 is 1.36 bits per heavy atom. The minimum atomic E-state index is -3.59. The molecule has 0 radical (unpaired) electrons. The molecule has 1 aromatic rings. The third-order valence-electron chi connectivity index (χ3n) is 4.38. The summed E-state index contributed by atoms with van der Waals surface area (Å²) < 4.78 is 31.4. The third-order valence-corrected chi connectivity index (χ3v) is 5.80. The maximum Gasteiger partial charge on any atom is 0.240 e. The Kier molecular flexibility index (Phi) is 6.77. The summed E-state index contributed by atoms with van der Waals surface area (Å²) in [5.41, 5.74) is 1.09. The summed E-state index contributed by atoms with van der Waals surface area (Å²) in [5.74, 6) is 0.0204. The SMILES string of the molecule is CNS(=O)(=O)c1ccc(NCCOC)c(NC(=O)C(C)C2CNC2)c1. The van der Waals surface area contributed by atoms with Gasteiger partial charge in [0.15, 0.2) is 0 Å². The molecule has 4 N–H and O–H groups in total. The van der Waals surface area contributed by atoms with Gasteiger partial charge >= 0.3 is 0 Å². The largest absolute Gasteiger partial charge is 0.383 e. The van der Waals surface area contributed by atoms with E-state index < -0.39 is 10.0 Å². The van der Waals surface area contributed by atoms with Gasteiger partial charge in [-0.1, -0.05) is 6.92 Å². The highest BCUT2D eigenvalue weighted by Gasteiger charge is 2.29. The highest BCUT2D eigenvalue weighted by atomic mass is 32.2. The lowest BCUT2D eigenvalue weighted by atomic mass is 9.88. The smallest absolute Gasteiger partial charge is 0.240 e. The Morgan fingerprint density at radius 2 is 2.08 bits per heavy atom. The minimum absolute atomic E-state index is 0.0977. The Morgan fingerprint density at radius 3 is 2.64 bits per heavy atom. The van der Waals surface area contributed by atoms with E-state index >= 15 is 0 Å². The van der Waals surface area contributed by atoms with Crippen molar-refractivity contribution in [2.24, 2.45) is 11.8 Å². The topological polar surface area (TPSA) is 109 Å². The van der Waals surface area contributed by atoms with E-state index in [2.05, 4.69) is 20.7 Å². The van der Waals surface area contributed by atoms with Crippen LogP contribution in [0.4, 0.5) is 11.4 Å². The molecule has 0 saturated carbocycles. The minimum Gasteiger partial charge on any atom is -0.383 e. The lowest BCUT2D eigenvalue weighted by Gasteiger charge is -2.31. The number of hydrogen-bond acceptors (Lipinski definition) is 6. The second-order valence-corrected chi connectivity index (χ2v) is 7.92. The average Bonchev–Trinajstić information content (AvgIpc) is 2.54. The molecule has 0 spiro atoms. The first-order chi connectivity index (χ1) is 11.9. The van der Waals surface area contributed by atoms with Gasteiger partial charge in [0.25, 0.3) is 0 Å². The molecule has 1 saturated heterocycles. The quantitative estimate of drug-likeness (QED) is 0.470. The molecule has 9 heteroatoms. The molecular weight excluding hydrogens is 344 g/mol. The monoisotopic (exact) mass is 370 g/mol. The second kappa shape index (κ2) is 8.61. The molecule has 1 aliphatic rings. The number of anilines is 2. The fraction of sp³-hybridized carbons (Fsp3) is 0.562. The maximum absolute atomic E-state index is 12.5. The number of ether oxygens (including phenoxy) is 1. The van der Waals surface area contributed by atoms with E-state index in [1.54, 1.807) is 13.2 Å². The Labute approximate surface area is 148 Å². The van der Waals surface area contributed by atoms with E-state index in [1.165, 1.54) is 19.2 Å². The summed E-state index contributed by atoms with van der Waals surface area (Å²) in [7, 11) is -0.643. The summed E-state index contributed by atoms with van der Waals surface area (Å²) >= 11 is 0. The molecule has 0 aromatic heterocycles. The number of benzene rings is 1. The van der Waals surface area contributed by atoms with Gasteiger partial charge in [0.1, 0.15) is 0 Å². The summed E-state index contributed by atoms with van der Waals surface area (Å²) in [6, 6.07) is 4.60. The number of carbonyl (C=O) groups is 1. The first-order valence-electron chi connectivity index (χ1n) is 8.21. The molecule has 1 aliphatic heterocycles. The fourth-order valence-corrected chi connectivity index (χ4v) is 3.23. The van der Waals surface area contributed by atoms with Gasteiger partial charge in [-0.15, -0.1) is 0 Å². The first kappa shape index (κ1) is 19.6. The first-order valence-corrected chi connectivity index (χ1v) is 9.69. The van der Waals surface area contributed by atoms with Crippen molar-refractivity contribution in [1.29, 1.82) is 0 Å². The molecule has 2 rings (SSSR count). The van der Waals surface area contributed by atoms with Crippen molar-refractivity contribution in [3.05, 3.63) is 18.2 Å². The molecule has 0 bridgehead atoms. The molecule has 1 atom stereocenters. The van der Waals surface area contributed by atoms with Gasteiger partial charge in [-0.25, -0.2) is 13.1 Å². The average molecular weight is 370 g/mol. The van der Waals surface area contributed by atoms with E-state index in [1.807, 2.05) is 6.92 Å². The summed E-state index contributed by atoms with van der Waals surface area (Å²) in [4.78, 5) is 12.6. The highest BCUT2D eigenvalue weighted by molar-refractivity contribution is 7.89. The van der Waals surface area contributed by atoms with Crippen LogP contribution >= 0.6 is 0 Å². The molecule has 1 fully saturated rings. The number of methoxy groups -OCH3 is 1. The molecule has 25 heavy (non-hydrogen) atoms. The summed E-state index contributed by atoms with van der Waals surface area (Å²) in [6.45, 7) is 4.56. The van der Waals surface area contributed by atoms with E-state index in [4.69, 9.17) is 4.74 Å². The summed E-state index contributed by atoms with van der Waals surface area (Å²) in [6.07, 6.45) is 0. The van der Waals surface area contributed by atoms with Crippen LogP contribution in [0.15, 0.2) is 23.1 Å². The van der Waals surface area contributed by atoms with Crippen molar-refractivity contribution in [1.82, 2.24) is 10.0 Å². The lowest BCUT2D eigenvalue weighted by Crippen LogP contribution is -2.48. The molecule has 8 nitrogen and oxygen atoms in total. The van der Waals surface area contributed by atoms with Crippen molar-refractivity contribution in [2.45, 2.75) is 11.8 Å². The van der Waals surface area contributed by atoms with Gasteiger partial charge in [-0.05, 0) is 44.3 Å². The molecule has 140 valence electrons. The molecular formula is C16H26N4O4S. The van der Waals surface area contributed by atoms with Crippen LogP contribution in [0.25, 0.3) is 0 Å². The fourth-order valence-electron chi connectivity index (χ4n) is 2.48. The number of carbonyl (C=O) groups excluding carboxylic acids is 1. The number of sulfonamides is 1. The molecule has 1 aromatic carbocycles. The van der Waals surface area contributed by atoms with Crippen LogP contribution in [0.2, 0.25) is 0 Å². The van der Waals surface area contributed by atoms with Crippen LogP contribution in [0.3, 0.4) is 0 Å². The van der Waals surface area contributed by atoms with Crippen LogP contribution in [0, 0.1) is 11.8 Å². The third kappa shape index (κ3) is 4.91. The molecule has 0 aliphatic carbocycles. The van der Waals surface area contributed by atoms with Crippen molar-refractivity contribution >= 4 is 27.3 Å². The van der Waals surface area contributed by atoms with Crippen LogP contribution < -0.4 is 20.7 Å². The highest BCUT2D eigenvalue weighted by Crippen LogP contribution is 2.27. The summed E-state index contributed by atoms with van der Waals surface area (Å²) in [5, 5.41) is 9.16. The Balaban J connectivity index is 2.23. The Bertz CT molecular complexity index is 704. The van der Waals surface area contributed by atoms with Gasteiger partial charge in [-0.2, -0.15) is 0 Å². The van der Waals surface area contributed by atoms with E-state index in [0.29, 0.717) is 30.4 Å². The van der Waals surface area contributed by atoms with Crippen LogP contribution in [0.5, 0.6) is 0 Å². The van der Waals surface area contributed by atoms with Crippen molar-refractivity contribution < 1.29 is 17.9 Å². The zero-order chi connectivity index (χ0) is 18.4. The second-order valence-electron chi connectivity index (χ2n) is 6.03. The van der Waals surface area contributed by atoms with E-state index in [-0.39, 0.29) is 16.7 Å². The van der Waals surface area contributed by atoms with Crippen LogP contribution in [-0.2, 0) is 19.6 Å². The van der Waals surface area contributed by atoms with Gasteiger partial charge in [0, 0.05) is 19.6 Å². The van der Waals surface area contributed by atoms with Gasteiger partial charge in [-0.3, -0.25) is 4.79 Å². The van der Waals surface area contributed by atoms with Gasteiger partial charge in [0.05, 0.1) is 22.9 Å². The Hall–Kier alpha value is -1.68. The molecule has 1 heterocycles. The van der Waals surface area contributed by atoms with E-state index in [9.17, 15) is 13.2 Å². The maximum atomic E-state index is 12.5. The normalized spacial score (nSPS) is 16.1. The lowest BCUT2D eigenvalue weighted by molar-refractivity contribution is -0.121. The zero-order valence-corrected chi connectivity index (χ0v) is 15.6. The predicted molar refractivity (Wildman–Crippen MR) is 97.2 cm³/mol. The van der Waals surface area contributed by atoms with Gasteiger partial charge in [0.2, 0.25) is 15.9 Å². The number of nitrogens with one attached hydrogen (secondary N) is 4. The molecule has 1 unspecified atom stereocenters. The predicted octanol–water partition coefficient (Wildman–Crippen LogP) is 0.447. The number of amides is 1. The number of hydrogen-bond donors (Lipinski definition) is 4. The van der Waals surface area contributed by atoms with E-state index in [0.717, 1.165) is 13.1 Å². The van der Waals surface area contributed by atoms with Crippen LogP contribution in [-0.4, -0.2) is 54.7 Å². The number of rotatable bonds is 9. The standard InChI is InChI=1S/C16H26N4O4S/c1-11(12-9-18-10-12)16(21)20-15-8-13(25(22,23)17-2)4-5-14(15)19-6-7-24-3/h4-5,8,11-12,17-19H,6-7,9-10H2,1-3H3,(H,20,21). The van der Waals surface area contributed by atoms with Crippen molar-refractivity contribution in [3.63, 3.8) is 0 Å². The zero-order valence-electron chi connectivity index (χ0n) is 14.8.